The fourth-order valence-corrected chi connectivity index (χ4v) is 1.56. The van der Waals surface area contributed by atoms with Crippen LogP contribution in [0.4, 0.5) is 9.80 Å². The monoisotopic (exact) mass is 278 g/mol. The van der Waals surface area contributed by atoms with E-state index in [9.17, 15) is 9.59 Å². The van der Waals surface area contributed by atoms with Gasteiger partial charge in [0.2, 0.25) is 5.69 Å². The number of hydrogen-bond acceptors (Lipinski definition) is 6. The molecule has 7 nitrogen and oxygen atoms in total. The molecule has 94 valence electrons. The second kappa shape index (κ2) is 7.02. The van der Waals surface area contributed by atoms with Gasteiger partial charge in [-0.15, -0.1) is 16.7 Å². The molecule has 0 bridgehead atoms. The first-order valence-electron chi connectivity index (χ1n) is 4.79. The van der Waals surface area contributed by atoms with Crippen LogP contribution in [-0.2, 0) is 4.74 Å². The van der Waals surface area contributed by atoms with Crippen molar-refractivity contribution in [1.29, 1.82) is 0 Å². The minimum atomic E-state index is -0.617. The number of halogens is 1. The Morgan fingerprint density at radius 1 is 1.53 bits per heavy atom. The summed E-state index contributed by atoms with van der Waals surface area (Å²) in [7, 11) is 0. The summed E-state index contributed by atoms with van der Waals surface area (Å²) in [5, 5.41) is 8.77. The third-order valence-electron chi connectivity index (χ3n) is 1.56. The number of carbonyl (C=O) groups excluding carboxylic acids is 2. The molecule has 9 heteroatoms. The van der Waals surface area contributed by atoms with Crippen LogP contribution in [0.2, 0.25) is 0 Å². The standard InChI is InChI=1S/C8H11ClN4O3S/c1-2-16-7(14)5-6(17-13-12-5)11-8(15)10-4-3-9/h2-4H2,1H3,(H2,10,11,15). The molecule has 17 heavy (non-hydrogen) atoms. The van der Waals surface area contributed by atoms with Gasteiger partial charge in [-0.25, -0.2) is 9.59 Å². The molecule has 0 radical (unpaired) electrons. The van der Waals surface area contributed by atoms with Crippen molar-refractivity contribution in [3.63, 3.8) is 0 Å². The van der Waals surface area contributed by atoms with Gasteiger partial charge in [-0.3, -0.25) is 5.32 Å². The molecule has 0 saturated carbocycles. The molecule has 1 aromatic heterocycles. The second-order valence-corrected chi connectivity index (χ2v) is 3.87. The average molecular weight is 279 g/mol. The predicted molar refractivity (Wildman–Crippen MR) is 63.6 cm³/mol. The van der Waals surface area contributed by atoms with Gasteiger partial charge in [-0.2, -0.15) is 0 Å². The van der Waals surface area contributed by atoms with E-state index in [1.807, 2.05) is 0 Å². The lowest BCUT2D eigenvalue weighted by atomic mass is 10.4. The van der Waals surface area contributed by atoms with E-state index in [0.29, 0.717) is 12.4 Å². The van der Waals surface area contributed by atoms with Crippen molar-refractivity contribution in [2.75, 3.05) is 24.3 Å². The molecule has 0 aliphatic rings. The lowest BCUT2D eigenvalue weighted by molar-refractivity contribution is 0.0520. The molecule has 0 aliphatic heterocycles. The highest BCUT2D eigenvalue weighted by Crippen LogP contribution is 2.18. The molecular formula is C8H11ClN4O3S. The molecule has 1 aromatic rings. The maximum Gasteiger partial charge on any atom is 0.362 e. The van der Waals surface area contributed by atoms with Gasteiger partial charge in [0.15, 0.2) is 5.00 Å². The average Bonchev–Trinajstić information content (AvgIpc) is 2.75. The van der Waals surface area contributed by atoms with Crippen LogP contribution in [-0.4, -0.2) is 40.6 Å². The zero-order valence-electron chi connectivity index (χ0n) is 9.03. The maximum atomic E-state index is 11.4. The van der Waals surface area contributed by atoms with Crippen molar-refractivity contribution < 1.29 is 14.3 Å². The molecule has 1 heterocycles. The topological polar surface area (TPSA) is 93.2 Å². The van der Waals surface area contributed by atoms with Crippen molar-refractivity contribution in [2.45, 2.75) is 6.92 Å². The fourth-order valence-electron chi connectivity index (χ4n) is 0.914. The number of ether oxygens (including phenoxy) is 1. The normalized spacial score (nSPS) is 9.76. The molecule has 0 aromatic carbocycles. The number of nitrogens with zero attached hydrogens (tertiary/aromatic N) is 2. The molecule has 0 fully saturated rings. The number of aromatic nitrogens is 2. The number of esters is 1. The first kappa shape index (κ1) is 13.7. The van der Waals surface area contributed by atoms with Crippen LogP contribution in [0.25, 0.3) is 0 Å². The van der Waals surface area contributed by atoms with Crippen LogP contribution in [0.3, 0.4) is 0 Å². The number of alkyl halides is 1. The summed E-state index contributed by atoms with van der Waals surface area (Å²) in [6.45, 7) is 2.24. The lowest BCUT2D eigenvalue weighted by Crippen LogP contribution is -2.30. The fraction of sp³-hybridized carbons (Fsp3) is 0.500. The molecule has 2 N–H and O–H groups in total. The van der Waals surface area contributed by atoms with E-state index in [-0.39, 0.29) is 17.3 Å². The van der Waals surface area contributed by atoms with E-state index >= 15 is 0 Å². The number of carbonyl (C=O) groups is 2. The third-order valence-corrected chi connectivity index (χ3v) is 2.39. The van der Waals surface area contributed by atoms with Crippen molar-refractivity contribution in [3.8, 4) is 0 Å². The van der Waals surface area contributed by atoms with E-state index in [4.69, 9.17) is 16.3 Å². The Hall–Kier alpha value is -1.41. The van der Waals surface area contributed by atoms with Gasteiger partial charge in [0.05, 0.1) is 6.61 Å². The van der Waals surface area contributed by atoms with E-state index < -0.39 is 12.0 Å². The third kappa shape index (κ3) is 4.16. The minimum Gasteiger partial charge on any atom is -0.461 e. The number of nitrogens with one attached hydrogen (secondary N) is 2. The summed E-state index contributed by atoms with van der Waals surface area (Å²) in [6.07, 6.45) is 0. The van der Waals surface area contributed by atoms with Gasteiger partial charge in [0.1, 0.15) is 0 Å². The van der Waals surface area contributed by atoms with Gasteiger partial charge >= 0.3 is 12.0 Å². The first-order chi connectivity index (χ1) is 8.19. The molecule has 0 spiro atoms. The van der Waals surface area contributed by atoms with Crippen molar-refractivity contribution >= 4 is 40.1 Å². The highest BCUT2D eigenvalue weighted by molar-refractivity contribution is 7.10. The van der Waals surface area contributed by atoms with E-state index in [0.717, 1.165) is 11.5 Å². The Balaban J connectivity index is 2.62. The zero-order valence-corrected chi connectivity index (χ0v) is 10.6. The summed E-state index contributed by atoms with van der Waals surface area (Å²) in [4.78, 5) is 22.7. The molecule has 0 saturated heterocycles. The number of hydrogen-bond donors (Lipinski definition) is 2. The minimum absolute atomic E-state index is 0.00197. The van der Waals surface area contributed by atoms with Crippen LogP contribution in [0, 0.1) is 0 Å². The molecule has 1 rings (SSSR count). The molecular weight excluding hydrogens is 268 g/mol. The maximum absolute atomic E-state index is 11.4. The van der Waals surface area contributed by atoms with Crippen molar-refractivity contribution in [3.05, 3.63) is 5.69 Å². The quantitative estimate of drug-likeness (QED) is 0.621. The smallest absolute Gasteiger partial charge is 0.362 e. The lowest BCUT2D eigenvalue weighted by Gasteiger charge is -2.04. The van der Waals surface area contributed by atoms with Gasteiger partial charge in [0.25, 0.3) is 0 Å². The van der Waals surface area contributed by atoms with Gasteiger partial charge in [-0.1, -0.05) is 4.49 Å². The zero-order chi connectivity index (χ0) is 12.7. The second-order valence-electron chi connectivity index (χ2n) is 2.74. The Morgan fingerprint density at radius 3 is 2.94 bits per heavy atom. The highest BCUT2D eigenvalue weighted by atomic mass is 35.5. The number of amides is 2. The Bertz CT molecular complexity index is 398. The van der Waals surface area contributed by atoms with Crippen LogP contribution < -0.4 is 10.6 Å². The van der Waals surface area contributed by atoms with E-state index in [1.165, 1.54) is 0 Å². The highest BCUT2D eigenvalue weighted by Gasteiger charge is 2.19. The Labute approximate surface area is 107 Å². The van der Waals surface area contributed by atoms with E-state index in [1.54, 1.807) is 6.92 Å². The van der Waals surface area contributed by atoms with E-state index in [2.05, 4.69) is 20.2 Å². The number of rotatable bonds is 5. The van der Waals surface area contributed by atoms with Gasteiger partial charge in [0, 0.05) is 24.0 Å². The Morgan fingerprint density at radius 2 is 2.29 bits per heavy atom. The van der Waals surface area contributed by atoms with Gasteiger partial charge < -0.3 is 10.1 Å². The molecule has 0 unspecified atom stereocenters. The SMILES string of the molecule is CCOC(=O)c1nnsc1NC(=O)NCCCl. The van der Waals surface area contributed by atoms with Gasteiger partial charge in [-0.05, 0) is 6.92 Å². The summed E-state index contributed by atoms with van der Waals surface area (Å²) >= 11 is 6.31. The first-order valence-corrected chi connectivity index (χ1v) is 6.10. The van der Waals surface area contributed by atoms with Crippen molar-refractivity contribution in [2.24, 2.45) is 0 Å². The number of anilines is 1. The largest absolute Gasteiger partial charge is 0.461 e. The van der Waals surface area contributed by atoms with Crippen LogP contribution in [0.5, 0.6) is 0 Å². The van der Waals surface area contributed by atoms with Crippen LogP contribution >= 0.6 is 23.1 Å². The van der Waals surface area contributed by atoms with Crippen LogP contribution in [0.15, 0.2) is 0 Å². The summed E-state index contributed by atoms with van der Waals surface area (Å²) in [6, 6.07) is -0.470. The Kier molecular flexibility index (Phi) is 5.64. The number of urea groups is 1. The predicted octanol–water partition coefficient (Wildman–Crippen LogP) is 1.08. The summed E-state index contributed by atoms with van der Waals surface area (Å²) in [5.74, 6) is -0.312. The van der Waals surface area contributed by atoms with Crippen molar-refractivity contribution in [1.82, 2.24) is 14.9 Å². The molecule has 0 atom stereocenters. The molecule has 0 aliphatic carbocycles. The van der Waals surface area contributed by atoms with Crippen LogP contribution in [0.1, 0.15) is 17.4 Å². The summed E-state index contributed by atoms with van der Waals surface area (Å²) in [5.41, 5.74) is -0.00197. The summed E-state index contributed by atoms with van der Waals surface area (Å²) < 4.78 is 8.34. The molecule has 2 amide bonds.